The second-order valence-corrected chi connectivity index (χ2v) is 4.87. The summed E-state index contributed by atoms with van der Waals surface area (Å²) < 4.78 is 0. The second kappa shape index (κ2) is 4.20. The van der Waals surface area contributed by atoms with E-state index in [1.807, 2.05) is 12.4 Å². The summed E-state index contributed by atoms with van der Waals surface area (Å²) in [6.45, 7) is 8.95. The molecule has 0 aliphatic carbocycles. The van der Waals surface area contributed by atoms with E-state index < -0.39 is 0 Å². The largest absolute Gasteiger partial charge is 0.158 e. The Bertz CT molecular complexity index is 501. The van der Waals surface area contributed by atoms with Gasteiger partial charge in [-0.25, -0.2) is 0 Å². The van der Waals surface area contributed by atoms with Crippen molar-refractivity contribution in [3.05, 3.63) is 35.7 Å². The predicted molar refractivity (Wildman–Crippen MR) is 67.7 cm³/mol. The number of fused-ring (bicyclic) bond motifs is 1. The fourth-order valence-corrected chi connectivity index (χ4v) is 2.26. The van der Waals surface area contributed by atoms with Crippen molar-refractivity contribution in [3.8, 4) is 0 Å². The van der Waals surface area contributed by atoms with Gasteiger partial charge in [-0.3, -0.25) is 0 Å². The molecular formula is C14H18N2. The monoisotopic (exact) mass is 214 g/mol. The smallest absolute Gasteiger partial charge is 0.0577 e. The SMILES string of the molecule is CC(C)c1ccc2cnncc2c1C(C)C. The molecule has 2 nitrogen and oxygen atoms in total. The Hall–Kier alpha value is -1.44. The second-order valence-electron chi connectivity index (χ2n) is 4.87. The zero-order valence-electron chi connectivity index (χ0n) is 10.4. The maximum Gasteiger partial charge on any atom is 0.0577 e. The highest BCUT2D eigenvalue weighted by atomic mass is 15.1. The van der Waals surface area contributed by atoms with Crippen LogP contribution in [0, 0.1) is 0 Å². The van der Waals surface area contributed by atoms with Gasteiger partial charge in [0, 0.05) is 10.8 Å². The molecule has 0 N–H and O–H groups in total. The average Bonchev–Trinajstić information content (AvgIpc) is 2.27. The van der Waals surface area contributed by atoms with Crippen LogP contribution in [-0.2, 0) is 0 Å². The summed E-state index contributed by atoms with van der Waals surface area (Å²) in [5.41, 5.74) is 2.85. The lowest BCUT2D eigenvalue weighted by atomic mass is 9.87. The number of aromatic nitrogens is 2. The first-order chi connectivity index (χ1) is 7.61. The molecule has 0 atom stereocenters. The molecule has 16 heavy (non-hydrogen) atoms. The van der Waals surface area contributed by atoms with E-state index in [1.165, 1.54) is 21.9 Å². The third-order valence-electron chi connectivity index (χ3n) is 3.00. The van der Waals surface area contributed by atoms with Crippen LogP contribution in [0.1, 0.15) is 50.7 Å². The molecule has 1 heterocycles. The molecule has 0 fully saturated rings. The van der Waals surface area contributed by atoms with Crippen LogP contribution in [0.4, 0.5) is 0 Å². The van der Waals surface area contributed by atoms with Crippen LogP contribution >= 0.6 is 0 Å². The Balaban J connectivity index is 2.79. The van der Waals surface area contributed by atoms with Gasteiger partial charge >= 0.3 is 0 Å². The summed E-state index contributed by atoms with van der Waals surface area (Å²) in [7, 11) is 0. The van der Waals surface area contributed by atoms with Crippen molar-refractivity contribution in [3.63, 3.8) is 0 Å². The van der Waals surface area contributed by atoms with Crippen LogP contribution in [0.15, 0.2) is 24.5 Å². The van der Waals surface area contributed by atoms with Gasteiger partial charge in [-0.05, 0) is 23.0 Å². The van der Waals surface area contributed by atoms with E-state index >= 15 is 0 Å². The molecule has 1 aromatic carbocycles. The zero-order chi connectivity index (χ0) is 11.7. The molecule has 2 rings (SSSR count). The quantitative estimate of drug-likeness (QED) is 0.758. The zero-order valence-corrected chi connectivity index (χ0v) is 10.4. The van der Waals surface area contributed by atoms with E-state index in [0.717, 1.165) is 0 Å². The summed E-state index contributed by atoms with van der Waals surface area (Å²) >= 11 is 0. The Labute approximate surface area is 96.7 Å². The number of hydrogen-bond donors (Lipinski definition) is 0. The molecule has 0 bridgehead atoms. The summed E-state index contributed by atoms with van der Waals surface area (Å²) in [5, 5.41) is 10.4. The first-order valence-electron chi connectivity index (χ1n) is 5.84. The summed E-state index contributed by atoms with van der Waals surface area (Å²) in [6, 6.07) is 4.37. The van der Waals surface area contributed by atoms with Crippen molar-refractivity contribution in [2.75, 3.05) is 0 Å². The van der Waals surface area contributed by atoms with E-state index in [0.29, 0.717) is 11.8 Å². The van der Waals surface area contributed by atoms with Gasteiger partial charge in [0.15, 0.2) is 0 Å². The van der Waals surface area contributed by atoms with E-state index in [4.69, 9.17) is 0 Å². The van der Waals surface area contributed by atoms with Crippen LogP contribution in [0.2, 0.25) is 0 Å². The van der Waals surface area contributed by atoms with E-state index in [-0.39, 0.29) is 0 Å². The molecule has 0 saturated carbocycles. The van der Waals surface area contributed by atoms with E-state index in [2.05, 4.69) is 50.0 Å². The third-order valence-corrected chi connectivity index (χ3v) is 3.00. The van der Waals surface area contributed by atoms with Crippen LogP contribution in [0.25, 0.3) is 10.8 Å². The van der Waals surface area contributed by atoms with Crippen LogP contribution < -0.4 is 0 Å². The Kier molecular flexibility index (Phi) is 2.90. The standard InChI is InChI=1S/C14H18N2/c1-9(2)12-6-5-11-7-15-16-8-13(11)14(12)10(3)4/h5-10H,1-4H3. The maximum atomic E-state index is 4.01. The molecule has 0 spiro atoms. The third kappa shape index (κ3) is 1.80. The van der Waals surface area contributed by atoms with Crippen LogP contribution in [0.5, 0.6) is 0 Å². The summed E-state index contributed by atoms with van der Waals surface area (Å²) in [6.07, 6.45) is 3.72. The van der Waals surface area contributed by atoms with Crippen molar-refractivity contribution < 1.29 is 0 Å². The normalized spacial score (nSPS) is 11.6. The minimum absolute atomic E-state index is 0.519. The van der Waals surface area contributed by atoms with Crippen LogP contribution in [0.3, 0.4) is 0 Å². The average molecular weight is 214 g/mol. The minimum Gasteiger partial charge on any atom is -0.158 e. The number of hydrogen-bond acceptors (Lipinski definition) is 2. The molecule has 0 unspecified atom stereocenters. The lowest BCUT2D eigenvalue weighted by Gasteiger charge is -2.18. The minimum atomic E-state index is 0.519. The molecular weight excluding hydrogens is 196 g/mol. The Morgan fingerprint density at radius 2 is 1.56 bits per heavy atom. The molecule has 0 saturated heterocycles. The van der Waals surface area contributed by atoms with Crippen molar-refractivity contribution >= 4 is 10.8 Å². The van der Waals surface area contributed by atoms with Gasteiger partial charge in [-0.2, -0.15) is 10.2 Å². The molecule has 0 aliphatic heterocycles. The van der Waals surface area contributed by atoms with Gasteiger partial charge in [0.1, 0.15) is 0 Å². The molecule has 84 valence electrons. The molecule has 2 heteroatoms. The molecule has 0 aliphatic rings. The van der Waals surface area contributed by atoms with Gasteiger partial charge in [0.25, 0.3) is 0 Å². The van der Waals surface area contributed by atoms with Crippen molar-refractivity contribution in [2.24, 2.45) is 0 Å². The van der Waals surface area contributed by atoms with Crippen molar-refractivity contribution in [2.45, 2.75) is 39.5 Å². The Morgan fingerprint density at radius 3 is 2.19 bits per heavy atom. The lowest BCUT2D eigenvalue weighted by molar-refractivity contribution is 0.797. The molecule has 0 amide bonds. The highest BCUT2D eigenvalue weighted by molar-refractivity contribution is 5.85. The lowest BCUT2D eigenvalue weighted by Crippen LogP contribution is -2.00. The van der Waals surface area contributed by atoms with Gasteiger partial charge in [0.2, 0.25) is 0 Å². The molecule has 0 radical (unpaired) electrons. The van der Waals surface area contributed by atoms with Crippen molar-refractivity contribution in [1.29, 1.82) is 0 Å². The van der Waals surface area contributed by atoms with Gasteiger partial charge in [-0.1, -0.05) is 39.8 Å². The predicted octanol–water partition coefficient (Wildman–Crippen LogP) is 3.88. The van der Waals surface area contributed by atoms with Gasteiger partial charge in [-0.15, -0.1) is 0 Å². The molecule has 1 aromatic heterocycles. The Morgan fingerprint density at radius 1 is 0.875 bits per heavy atom. The summed E-state index contributed by atoms with van der Waals surface area (Å²) in [5.74, 6) is 1.07. The highest BCUT2D eigenvalue weighted by Crippen LogP contribution is 2.32. The fourth-order valence-electron chi connectivity index (χ4n) is 2.26. The topological polar surface area (TPSA) is 25.8 Å². The highest BCUT2D eigenvalue weighted by Gasteiger charge is 2.13. The fraction of sp³-hybridized carbons (Fsp3) is 0.429. The van der Waals surface area contributed by atoms with E-state index in [1.54, 1.807) is 0 Å². The maximum absolute atomic E-state index is 4.01. The number of nitrogens with zero attached hydrogens (tertiary/aromatic N) is 2. The first-order valence-corrected chi connectivity index (χ1v) is 5.84. The van der Waals surface area contributed by atoms with Crippen molar-refractivity contribution in [1.82, 2.24) is 10.2 Å². The van der Waals surface area contributed by atoms with Gasteiger partial charge < -0.3 is 0 Å². The molecule has 2 aromatic rings. The van der Waals surface area contributed by atoms with Crippen LogP contribution in [-0.4, -0.2) is 10.2 Å². The number of benzene rings is 1. The van der Waals surface area contributed by atoms with Gasteiger partial charge in [0.05, 0.1) is 12.4 Å². The van der Waals surface area contributed by atoms with E-state index in [9.17, 15) is 0 Å². The summed E-state index contributed by atoms with van der Waals surface area (Å²) in [4.78, 5) is 0. The number of rotatable bonds is 2. The first kappa shape index (κ1) is 11.1.